The zero-order chi connectivity index (χ0) is 24.3. The predicted molar refractivity (Wildman–Crippen MR) is 131 cm³/mol. The molecule has 2 aromatic rings. The van der Waals surface area contributed by atoms with Gasteiger partial charge in [-0.05, 0) is 36.5 Å². The number of hydrogen-bond donors (Lipinski definition) is 1. The molecule has 9 heteroatoms. The van der Waals surface area contributed by atoms with Crippen molar-refractivity contribution in [3.63, 3.8) is 0 Å². The van der Waals surface area contributed by atoms with Gasteiger partial charge in [-0.3, -0.25) is 14.0 Å². The second kappa shape index (κ2) is 10.3. The molecule has 0 bridgehead atoms. The summed E-state index contributed by atoms with van der Waals surface area (Å²) < 4.78 is 32.0. The molecule has 184 valence electrons. The number of fused-ring (bicyclic) bond motifs is 1. The summed E-state index contributed by atoms with van der Waals surface area (Å²) in [5, 5.41) is 9.93. The molecule has 34 heavy (non-hydrogen) atoms. The van der Waals surface area contributed by atoms with Crippen LogP contribution in [0, 0.1) is 0 Å². The summed E-state index contributed by atoms with van der Waals surface area (Å²) in [4.78, 5) is 17.1. The molecule has 2 aliphatic heterocycles. The van der Waals surface area contributed by atoms with E-state index in [4.69, 9.17) is 4.74 Å². The average molecular weight is 488 g/mol. The first-order valence-corrected chi connectivity index (χ1v) is 13.5. The summed E-state index contributed by atoms with van der Waals surface area (Å²) in [5.41, 5.74) is 2.46. The number of carbonyl (C=O) groups is 1. The number of amides is 1. The molecule has 4 rings (SSSR count). The van der Waals surface area contributed by atoms with Gasteiger partial charge in [-0.25, -0.2) is 8.42 Å². The third kappa shape index (κ3) is 5.54. The number of nitrogens with zero attached hydrogens (tertiary/aromatic N) is 3. The number of para-hydroxylation sites is 1. The molecule has 1 N–H and O–H groups in total. The molecule has 0 saturated carbocycles. The van der Waals surface area contributed by atoms with Gasteiger partial charge in [-0.2, -0.15) is 0 Å². The number of aryl methyl sites for hydroxylation is 1. The molecule has 1 saturated heterocycles. The Morgan fingerprint density at radius 1 is 1.18 bits per heavy atom. The Bertz CT molecular complexity index is 1110. The van der Waals surface area contributed by atoms with Gasteiger partial charge >= 0.3 is 0 Å². The number of anilines is 1. The van der Waals surface area contributed by atoms with Crippen LogP contribution in [0.4, 0.5) is 5.69 Å². The van der Waals surface area contributed by atoms with Crippen LogP contribution in [0.2, 0.25) is 0 Å². The van der Waals surface area contributed by atoms with Gasteiger partial charge < -0.3 is 14.7 Å². The standard InChI is InChI=1S/C25H33N3O5S/c1-26(22(19-8-4-3-5-9-19)17-27-15-13-21(29)16-27)24(30)18-33-23-12-6-10-20-11-7-14-28(25(20)23)34(2,31)32/h3-6,8-10,12,21-22,29H,7,11,13-18H2,1-2H3/t21-,22+/m0/s1. The van der Waals surface area contributed by atoms with Crippen LogP contribution in [-0.2, 0) is 21.2 Å². The third-order valence-electron chi connectivity index (χ3n) is 6.61. The molecule has 0 aromatic heterocycles. The average Bonchev–Trinajstić information content (AvgIpc) is 3.24. The van der Waals surface area contributed by atoms with Crippen molar-refractivity contribution < 1.29 is 23.1 Å². The molecular formula is C25H33N3O5S. The van der Waals surface area contributed by atoms with Gasteiger partial charge in [-0.15, -0.1) is 0 Å². The number of ether oxygens (including phenoxy) is 1. The van der Waals surface area contributed by atoms with Gasteiger partial charge in [0.2, 0.25) is 10.0 Å². The van der Waals surface area contributed by atoms with Crippen molar-refractivity contribution in [1.82, 2.24) is 9.80 Å². The van der Waals surface area contributed by atoms with E-state index in [0.29, 0.717) is 31.1 Å². The van der Waals surface area contributed by atoms with Crippen molar-refractivity contribution in [3.8, 4) is 5.75 Å². The number of rotatable bonds is 8. The lowest BCUT2D eigenvalue weighted by Crippen LogP contribution is -2.41. The summed E-state index contributed by atoms with van der Waals surface area (Å²) in [5.74, 6) is 0.205. The number of likely N-dealkylation sites (N-methyl/N-ethyl adjacent to an activating group) is 1. The first kappa shape index (κ1) is 24.5. The summed E-state index contributed by atoms with van der Waals surface area (Å²) >= 11 is 0. The molecule has 0 spiro atoms. The Hall–Kier alpha value is -2.62. The first-order chi connectivity index (χ1) is 16.2. The van der Waals surface area contributed by atoms with Crippen LogP contribution < -0.4 is 9.04 Å². The van der Waals surface area contributed by atoms with Gasteiger partial charge in [0, 0.05) is 33.2 Å². The molecule has 2 aliphatic rings. The summed E-state index contributed by atoms with van der Waals surface area (Å²) in [7, 11) is -1.69. The van der Waals surface area contributed by atoms with E-state index in [1.54, 1.807) is 18.0 Å². The molecule has 2 aromatic carbocycles. The van der Waals surface area contributed by atoms with Gasteiger partial charge in [-0.1, -0.05) is 42.5 Å². The smallest absolute Gasteiger partial charge is 0.260 e. The number of benzene rings is 2. The molecule has 0 radical (unpaired) electrons. The Balaban J connectivity index is 1.51. The minimum Gasteiger partial charge on any atom is -0.482 e. The van der Waals surface area contributed by atoms with Gasteiger partial charge in [0.05, 0.1) is 24.1 Å². The van der Waals surface area contributed by atoms with E-state index in [1.165, 1.54) is 10.6 Å². The van der Waals surface area contributed by atoms with E-state index in [2.05, 4.69) is 4.90 Å². The van der Waals surface area contributed by atoms with E-state index in [9.17, 15) is 18.3 Å². The van der Waals surface area contributed by atoms with Crippen LogP contribution in [0.5, 0.6) is 5.75 Å². The Kier molecular flexibility index (Phi) is 7.45. The number of aliphatic hydroxyl groups excluding tert-OH is 1. The molecule has 1 fully saturated rings. The topological polar surface area (TPSA) is 90.4 Å². The third-order valence-corrected chi connectivity index (χ3v) is 7.78. The van der Waals surface area contributed by atoms with Crippen molar-refractivity contribution in [2.24, 2.45) is 0 Å². The molecule has 2 atom stereocenters. The normalized spacial score (nSPS) is 19.5. The van der Waals surface area contributed by atoms with Crippen LogP contribution in [0.25, 0.3) is 0 Å². The van der Waals surface area contributed by atoms with E-state index < -0.39 is 10.0 Å². The highest BCUT2D eigenvalue weighted by Crippen LogP contribution is 2.37. The van der Waals surface area contributed by atoms with Gasteiger partial charge in [0.15, 0.2) is 6.61 Å². The highest BCUT2D eigenvalue weighted by molar-refractivity contribution is 7.92. The minimum atomic E-state index is -3.45. The minimum absolute atomic E-state index is 0.195. The Morgan fingerprint density at radius 3 is 2.62 bits per heavy atom. The van der Waals surface area contributed by atoms with Crippen molar-refractivity contribution in [2.45, 2.75) is 31.4 Å². The quantitative estimate of drug-likeness (QED) is 0.613. The fourth-order valence-corrected chi connectivity index (χ4v) is 5.79. The zero-order valence-corrected chi connectivity index (χ0v) is 20.6. The van der Waals surface area contributed by atoms with Crippen molar-refractivity contribution in [2.75, 3.05) is 50.4 Å². The van der Waals surface area contributed by atoms with E-state index in [1.807, 2.05) is 42.5 Å². The number of carbonyl (C=O) groups excluding carboxylic acids is 1. The maximum absolute atomic E-state index is 13.2. The second-order valence-corrected chi connectivity index (χ2v) is 11.0. The summed E-state index contributed by atoms with van der Waals surface area (Å²) in [6.07, 6.45) is 3.11. The van der Waals surface area contributed by atoms with Crippen LogP contribution in [0.3, 0.4) is 0 Å². The molecular weight excluding hydrogens is 454 g/mol. The number of likely N-dealkylation sites (tertiary alicyclic amines) is 1. The Labute approximate surface area is 201 Å². The van der Waals surface area contributed by atoms with E-state index in [-0.39, 0.29) is 24.7 Å². The second-order valence-electron chi connectivity index (χ2n) is 9.12. The van der Waals surface area contributed by atoms with Crippen LogP contribution in [-0.4, -0.2) is 81.4 Å². The summed E-state index contributed by atoms with van der Waals surface area (Å²) in [6.45, 7) is 2.21. The van der Waals surface area contributed by atoms with E-state index in [0.717, 1.165) is 36.9 Å². The van der Waals surface area contributed by atoms with Gasteiger partial charge in [0.1, 0.15) is 5.75 Å². The number of hydrogen-bond acceptors (Lipinski definition) is 6. The maximum atomic E-state index is 13.2. The van der Waals surface area contributed by atoms with E-state index >= 15 is 0 Å². The number of aliphatic hydroxyl groups is 1. The zero-order valence-electron chi connectivity index (χ0n) is 19.8. The van der Waals surface area contributed by atoms with Crippen molar-refractivity contribution in [3.05, 3.63) is 59.7 Å². The fraction of sp³-hybridized carbons (Fsp3) is 0.480. The highest BCUT2D eigenvalue weighted by Gasteiger charge is 2.30. The number of β-amino-alcohol motifs (C(OH)–C–C–N with tert-alkyl or cyclic N) is 1. The lowest BCUT2D eigenvalue weighted by molar-refractivity contribution is -0.134. The SMILES string of the molecule is CN(C(=O)COc1cccc2c1N(S(C)(=O)=O)CCC2)[C@H](CN1CC[C@H](O)C1)c1ccccc1. The monoisotopic (exact) mass is 487 g/mol. The fourth-order valence-electron chi connectivity index (χ4n) is 4.79. The van der Waals surface area contributed by atoms with Crippen LogP contribution in [0.1, 0.15) is 30.0 Å². The van der Waals surface area contributed by atoms with Gasteiger partial charge in [0.25, 0.3) is 5.91 Å². The summed E-state index contributed by atoms with van der Waals surface area (Å²) in [6, 6.07) is 15.1. The molecule has 1 amide bonds. The molecule has 0 unspecified atom stereocenters. The lowest BCUT2D eigenvalue weighted by atomic mass is 10.0. The van der Waals surface area contributed by atoms with Crippen molar-refractivity contribution in [1.29, 1.82) is 0 Å². The van der Waals surface area contributed by atoms with Crippen LogP contribution in [0.15, 0.2) is 48.5 Å². The van der Waals surface area contributed by atoms with Crippen LogP contribution >= 0.6 is 0 Å². The predicted octanol–water partition coefficient (Wildman–Crippen LogP) is 2.04. The Morgan fingerprint density at radius 2 is 1.94 bits per heavy atom. The number of sulfonamides is 1. The lowest BCUT2D eigenvalue weighted by Gasteiger charge is -2.33. The highest BCUT2D eigenvalue weighted by atomic mass is 32.2. The van der Waals surface area contributed by atoms with Crippen molar-refractivity contribution >= 4 is 21.6 Å². The molecule has 2 heterocycles. The first-order valence-electron chi connectivity index (χ1n) is 11.7. The maximum Gasteiger partial charge on any atom is 0.260 e. The largest absolute Gasteiger partial charge is 0.482 e. The molecule has 0 aliphatic carbocycles. The molecule has 8 nitrogen and oxygen atoms in total.